The van der Waals surface area contributed by atoms with Gasteiger partial charge in [0, 0.05) is 11.8 Å². The molecule has 0 amide bonds. The molecule has 0 saturated carbocycles. The molecule has 0 saturated heterocycles. The van der Waals surface area contributed by atoms with Gasteiger partial charge < -0.3 is 0 Å². The number of nitrogens with zero attached hydrogens (tertiary/aromatic N) is 3. The van der Waals surface area contributed by atoms with Gasteiger partial charge in [0.1, 0.15) is 0 Å². The van der Waals surface area contributed by atoms with Crippen molar-refractivity contribution in [1.82, 2.24) is 15.0 Å². The van der Waals surface area contributed by atoms with Crippen LogP contribution in [-0.2, 0) is 6.54 Å². The second kappa shape index (κ2) is 1.73. The van der Waals surface area contributed by atoms with E-state index in [1.165, 1.54) is 0 Å². The van der Waals surface area contributed by atoms with Gasteiger partial charge in [-0.1, -0.05) is 5.21 Å². The van der Waals surface area contributed by atoms with E-state index in [1.807, 2.05) is 4.68 Å². The average Bonchev–Trinajstić information content (AvgIpc) is 2.35. The van der Waals surface area contributed by atoms with Crippen molar-refractivity contribution in [2.45, 2.75) is 18.2 Å². The Balaban J connectivity index is 2.49. The molecule has 0 fully saturated rings. The van der Waals surface area contributed by atoms with Crippen LogP contribution in [0.15, 0.2) is 6.20 Å². The van der Waals surface area contributed by atoms with Crippen molar-refractivity contribution in [1.29, 1.82) is 0 Å². The fourth-order valence-corrected chi connectivity index (χ4v) is 1.41. The molecular weight excluding hydrogens is 134 g/mol. The van der Waals surface area contributed by atoms with Crippen LogP contribution in [0.2, 0.25) is 0 Å². The Kier molecular flexibility index (Phi) is 1.02. The largest absolute Gasteiger partial charge is 0.248 e. The van der Waals surface area contributed by atoms with Crippen molar-refractivity contribution >= 4 is 12.6 Å². The van der Waals surface area contributed by atoms with Gasteiger partial charge in [-0.05, 0) is 6.42 Å². The highest BCUT2D eigenvalue weighted by Crippen LogP contribution is 2.28. The molecule has 1 aliphatic heterocycles. The molecule has 0 radical (unpaired) electrons. The van der Waals surface area contributed by atoms with Crippen LogP contribution in [0.4, 0.5) is 0 Å². The van der Waals surface area contributed by atoms with Gasteiger partial charge in [-0.25, -0.2) is 4.68 Å². The highest BCUT2D eigenvalue weighted by Gasteiger charge is 2.19. The molecule has 0 bridgehead atoms. The smallest absolute Gasteiger partial charge is 0.0736 e. The molecule has 48 valence electrons. The summed E-state index contributed by atoms with van der Waals surface area (Å²) in [4.78, 5) is 0. The predicted octanol–water partition coefficient (Wildman–Crippen LogP) is 0.653. The number of aryl methyl sites for hydroxylation is 1. The Hall–Kier alpha value is -0.510. The van der Waals surface area contributed by atoms with E-state index < -0.39 is 0 Å². The van der Waals surface area contributed by atoms with Crippen LogP contribution >= 0.6 is 12.6 Å². The second-order valence-corrected chi connectivity index (χ2v) is 2.81. The van der Waals surface area contributed by atoms with Crippen LogP contribution in [-0.4, -0.2) is 15.0 Å². The molecule has 2 heterocycles. The minimum Gasteiger partial charge on any atom is -0.248 e. The summed E-state index contributed by atoms with van der Waals surface area (Å²) in [5.41, 5.74) is 1.15. The summed E-state index contributed by atoms with van der Waals surface area (Å²) in [6, 6.07) is 0. The van der Waals surface area contributed by atoms with Gasteiger partial charge in [0.25, 0.3) is 0 Å². The van der Waals surface area contributed by atoms with Crippen molar-refractivity contribution in [3.63, 3.8) is 0 Å². The van der Waals surface area contributed by atoms with Gasteiger partial charge in [-0.2, -0.15) is 12.6 Å². The number of hydrogen-bond donors (Lipinski definition) is 1. The molecule has 9 heavy (non-hydrogen) atoms. The van der Waals surface area contributed by atoms with E-state index in [2.05, 4.69) is 22.9 Å². The summed E-state index contributed by atoms with van der Waals surface area (Å²) in [6.45, 7) is 0.976. The Bertz CT molecular complexity index is 220. The van der Waals surface area contributed by atoms with Gasteiger partial charge in [-0.15, -0.1) is 5.10 Å². The molecule has 4 heteroatoms. The fourth-order valence-electron chi connectivity index (χ4n) is 1.09. The maximum atomic E-state index is 4.34. The molecule has 0 N–H and O–H groups in total. The van der Waals surface area contributed by atoms with Gasteiger partial charge in [-0.3, -0.25) is 0 Å². The van der Waals surface area contributed by atoms with Crippen LogP contribution in [0.5, 0.6) is 0 Å². The zero-order chi connectivity index (χ0) is 6.27. The first-order valence-corrected chi connectivity index (χ1v) is 3.46. The molecule has 0 aliphatic carbocycles. The van der Waals surface area contributed by atoms with Crippen molar-refractivity contribution in [3.05, 3.63) is 11.9 Å². The number of thiol groups is 1. The Morgan fingerprint density at radius 2 is 2.67 bits per heavy atom. The van der Waals surface area contributed by atoms with Gasteiger partial charge in [0.05, 0.1) is 11.9 Å². The molecule has 1 aliphatic rings. The van der Waals surface area contributed by atoms with Crippen molar-refractivity contribution in [2.75, 3.05) is 0 Å². The summed E-state index contributed by atoms with van der Waals surface area (Å²) >= 11 is 4.34. The van der Waals surface area contributed by atoms with E-state index in [9.17, 15) is 0 Å². The summed E-state index contributed by atoms with van der Waals surface area (Å²) in [6.07, 6.45) is 2.87. The van der Waals surface area contributed by atoms with Crippen LogP contribution in [0.3, 0.4) is 0 Å². The molecule has 0 aromatic carbocycles. The minimum absolute atomic E-state index is 0.361. The van der Waals surface area contributed by atoms with E-state index in [1.54, 1.807) is 6.20 Å². The Morgan fingerprint density at radius 1 is 1.78 bits per heavy atom. The summed E-state index contributed by atoms with van der Waals surface area (Å²) in [5, 5.41) is 7.98. The lowest BCUT2D eigenvalue weighted by molar-refractivity contribution is 0.622. The molecule has 1 aromatic heterocycles. The van der Waals surface area contributed by atoms with E-state index in [4.69, 9.17) is 0 Å². The summed E-state index contributed by atoms with van der Waals surface area (Å²) in [7, 11) is 0. The molecule has 3 nitrogen and oxygen atoms in total. The Labute approximate surface area is 58.5 Å². The fraction of sp³-hybridized carbons (Fsp3) is 0.600. The third-order valence-corrected chi connectivity index (χ3v) is 2.13. The molecule has 1 unspecified atom stereocenters. The van der Waals surface area contributed by atoms with Crippen molar-refractivity contribution < 1.29 is 0 Å². The normalized spacial score (nSPS) is 24.3. The molecule has 2 rings (SSSR count). The number of fused-ring (bicyclic) bond motifs is 1. The zero-order valence-electron chi connectivity index (χ0n) is 4.86. The van der Waals surface area contributed by atoms with E-state index in [-0.39, 0.29) is 0 Å². The van der Waals surface area contributed by atoms with E-state index >= 15 is 0 Å². The van der Waals surface area contributed by atoms with Gasteiger partial charge in [0.2, 0.25) is 0 Å². The molecule has 0 spiro atoms. The SMILES string of the molecule is SC1CCn2nncc21. The first-order chi connectivity index (χ1) is 4.38. The molecule has 1 aromatic rings. The average molecular weight is 141 g/mol. The molecular formula is C5H7N3S. The third-order valence-electron chi connectivity index (χ3n) is 1.60. The molecule has 1 atom stereocenters. The van der Waals surface area contributed by atoms with Gasteiger partial charge >= 0.3 is 0 Å². The predicted molar refractivity (Wildman–Crippen MR) is 36.4 cm³/mol. The van der Waals surface area contributed by atoms with Crippen molar-refractivity contribution in [3.8, 4) is 0 Å². The van der Waals surface area contributed by atoms with Gasteiger partial charge in [0.15, 0.2) is 0 Å². The lowest BCUT2D eigenvalue weighted by Gasteiger charge is -1.92. The monoisotopic (exact) mass is 141 g/mol. The summed E-state index contributed by atoms with van der Waals surface area (Å²) < 4.78 is 1.90. The first-order valence-electron chi connectivity index (χ1n) is 2.94. The maximum Gasteiger partial charge on any atom is 0.0736 e. The lowest BCUT2D eigenvalue weighted by atomic mass is 10.3. The quantitative estimate of drug-likeness (QED) is 0.538. The Morgan fingerprint density at radius 3 is 3.44 bits per heavy atom. The van der Waals surface area contributed by atoms with Crippen LogP contribution in [0.1, 0.15) is 17.4 Å². The highest BCUT2D eigenvalue weighted by atomic mass is 32.1. The topological polar surface area (TPSA) is 30.7 Å². The number of hydrogen-bond acceptors (Lipinski definition) is 3. The van der Waals surface area contributed by atoms with Crippen molar-refractivity contribution in [2.24, 2.45) is 0 Å². The number of rotatable bonds is 0. The summed E-state index contributed by atoms with van der Waals surface area (Å²) in [5.74, 6) is 0. The minimum atomic E-state index is 0.361. The van der Waals surface area contributed by atoms with Crippen LogP contribution in [0, 0.1) is 0 Å². The second-order valence-electron chi connectivity index (χ2n) is 2.19. The zero-order valence-corrected chi connectivity index (χ0v) is 5.75. The highest BCUT2D eigenvalue weighted by molar-refractivity contribution is 7.80. The van der Waals surface area contributed by atoms with Crippen LogP contribution in [0.25, 0.3) is 0 Å². The van der Waals surface area contributed by atoms with E-state index in [0.29, 0.717) is 5.25 Å². The van der Waals surface area contributed by atoms with E-state index in [0.717, 1.165) is 18.7 Å². The number of aromatic nitrogens is 3. The standard InChI is InChI=1S/C5H7N3S/c9-5-1-2-8-4(5)3-6-7-8/h3,5,9H,1-2H2. The maximum absolute atomic E-state index is 4.34. The van der Waals surface area contributed by atoms with Crippen LogP contribution < -0.4 is 0 Å². The lowest BCUT2D eigenvalue weighted by Crippen LogP contribution is -1.93. The first kappa shape index (κ1) is 5.29. The third kappa shape index (κ3) is 0.660.